The van der Waals surface area contributed by atoms with E-state index in [1.807, 2.05) is 0 Å². The van der Waals surface area contributed by atoms with Crippen molar-refractivity contribution in [3.63, 3.8) is 0 Å². The molecule has 0 aliphatic heterocycles. The Kier molecular flexibility index (Phi) is 4.21. The summed E-state index contributed by atoms with van der Waals surface area (Å²) >= 11 is 0. The Hall–Kier alpha value is -2.37. The van der Waals surface area contributed by atoms with Crippen LogP contribution in [0.1, 0.15) is 6.42 Å². The fourth-order valence-corrected chi connectivity index (χ4v) is 1.27. The molecule has 0 saturated carbocycles. The Morgan fingerprint density at radius 1 is 1.53 bits per heavy atom. The van der Waals surface area contributed by atoms with Crippen LogP contribution >= 0.6 is 0 Å². The van der Waals surface area contributed by atoms with E-state index in [2.05, 4.69) is 11.9 Å². The summed E-state index contributed by atoms with van der Waals surface area (Å²) in [5, 5.41) is 22.1. The highest BCUT2D eigenvalue weighted by atomic mass is 16.6. The van der Waals surface area contributed by atoms with E-state index in [-0.39, 0.29) is 12.1 Å². The Morgan fingerprint density at radius 3 is 2.53 bits per heavy atom. The lowest BCUT2D eigenvalue weighted by molar-refractivity contribution is -0.384. The molecular formula is C11H12N2O4. The van der Waals surface area contributed by atoms with E-state index in [1.165, 1.54) is 30.3 Å². The lowest BCUT2D eigenvalue weighted by Gasteiger charge is -2.13. The zero-order valence-corrected chi connectivity index (χ0v) is 9.00. The molecule has 1 aromatic carbocycles. The summed E-state index contributed by atoms with van der Waals surface area (Å²) in [5.41, 5.74) is 0.482. The van der Waals surface area contributed by atoms with Crippen LogP contribution in [0.15, 0.2) is 36.9 Å². The number of carboxylic acids is 1. The molecular weight excluding hydrogens is 224 g/mol. The minimum atomic E-state index is -0.997. The van der Waals surface area contributed by atoms with Crippen molar-refractivity contribution in [2.75, 3.05) is 5.32 Å². The van der Waals surface area contributed by atoms with Gasteiger partial charge in [-0.25, -0.2) is 4.79 Å². The van der Waals surface area contributed by atoms with Crippen LogP contribution in [-0.4, -0.2) is 22.0 Å². The summed E-state index contributed by atoms with van der Waals surface area (Å²) < 4.78 is 0. The average Bonchev–Trinajstić information content (AvgIpc) is 2.29. The summed E-state index contributed by atoms with van der Waals surface area (Å²) in [6, 6.07) is 4.78. The van der Waals surface area contributed by atoms with Crippen LogP contribution < -0.4 is 5.32 Å². The van der Waals surface area contributed by atoms with Crippen molar-refractivity contribution in [3.05, 3.63) is 47.0 Å². The number of benzene rings is 1. The van der Waals surface area contributed by atoms with Crippen LogP contribution in [0.25, 0.3) is 0 Å². The molecule has 6 nitrogen and oxygen atoms in total. The van der Waals surface area contributed by atoms with E-state index in [1.54, 1.807) is 0 Å². The molecule has 1 aromatic rings. The summed E-state index contributed by atoms with van der Waals surface area (Å²) in [6.07, 6.45) is 1.77. The van der Waals surface area contributed by atoms with Gasteiger partial charge in [-0.2, -0.15) is 0 Å². The van der Waals surface area contributed by atoms with Gasteiger partial charge in [0, 0.05) is 17.8 Å². The van der Waals surface area contributed by atoms with Crippen molar-refractivity contribution < 1.29 is 14.8 Å². The number of aliphatic carboxylic acids is 1. The van der Waals surface area contributed by atoms with E-state index >= 15 is 0 Å². The van der Waals surface area contributed by atoms with Crippen molar-refractivity contribution in [3.8, 4) is 0 Å². The minimum absolute atomic E-state index is 0.0360. The highest BCUT2D eigenvalue weighted by Gasteiger charge is 2.15. The van der Waals surface area contributed by atoms with Crippen molar-refractivity contribution >= 4 is 17.3 Å². The number of anilines is 1. The van der Waals surface area contributed by atoms with Gasteiger partial charge in [-0.1, -0.05) is 6.08 Å². The van der Waals surface area contributed by atoms with Crippen molar-refractivity contribution in [1.82, 2.24) is 0 Å². The SMILES string of the molecule is C=CCC(Nc1ccc([N+](=O)[O-])cc1)C(=O)O. The van der Waals surface area contributed by atoms with Gasteiger partial charge in [0.25, 0.3) is 5.69 Å². The first-order chi connectivity index (χ1) is 8.04. The van der Waals surface area contributed by atoms with Crippen LogP contribution in [0.5, 0.6) is 0 Å². The quantitative estimate of drug-likeness (QED) is 0.448. The third kappa shape index (κ3) is 3.60. The van der Waals surface area contributed by atoms with Gasteiger partial charge in [0.1, 0.15) is 6.04 Å². The Morgan fingerprint density at radius 2 is 2.12 bits per heavy atom. The second-order valence-corrected chi connectivity index (χ2v) is 3.36. The fraction of sp³-hybridized carbons (Fsp3) is 0.182. The zero-order valence-electron chi connectivity index (χ0n) is 9.00. The number of carbonyl (C=O) groups is 1. The predicted octanol–water partition coefficient (Wildman–Crippen LogP) is 2.04. The third-order valence-corrected chi connectivity index (χ3v) is 2.12. The summed E-state index contributed by atoms with van der Waals surface area (Å²) in [7, 11) is 0. The van der Waals surface area contributed by atoms with Gasteiger partial charge in [-0.3, -0.25) is 10.1 Å². The Labute approximate surface area is 97.7 Å². The molecule has 0 bridgehead atoms. The molecule has 0 fully saturated rings. The maximum atomic E-state index is 10.9. The smallest absolute Gasteiger partial charge is 0.326 e. The molecule has 0 heterocycles. The minimum Gasteiger partial charge on any atom is -0.480 e. The second-order valence-electron chi connectivity index (χ2n) is 3.36. The molecule has 1 atom stereocenters. The van der Waals surface area contributed by atoms with Gasteiger partial charge >= 0.3 is 5.97 Å². The predicted molar refractivity (Wildman–Crippen MR) is 63.0 cm³/mol. The normalized spacial score (nSPS) is 11.5. The number of nitro groups is 1. The largest absolute Gasteiger partial charge is 0.480 e. The number of nitrogens with one attached hydrogen (secondary N) is 1. The van der Waals surface area contributed by atoms with Crippen LogP contribution in [0, 0.1) is 10.1 Å². The van der Waals surface area contributed by atoms with Crippen molar-refractivity contribution in [1.29, 1.82) is 0 Å². The molecule has 0 aliphatic carbocycles. The van der Waals surface area contributed by atoms with Gasteiger partial charge in [-0.05, 0) is 18.6 Å². The number of non-ortho nitro benzene ring substituents is 1. The molecule has 1 rings (SSSR count). The van der Waals surface area contributed by atoms with Gasteiger partial charge in [-0.15, -0.1) is 6.58 Å². The number of carboxylic acid groups (broad SMARTS) is 1. The van der Waals surface area contributed by atoms with Crippen LogP contribution in [-0.2, 0) is 4.79 Å². The first kappa shape index (κ1) is 12.7. The lowest BCUT2D eigenvalue weighted by atomic mass is 10.2. The van der Waals surface area contributed by atoms with Crippen LogP contribution in [0.3, 0.4) is 0 Å². The number of nitro benzene ring substituents is 1. The van der Waals surface area contributed by atoms with Crippen molar-refractivity contribution in [2.24, 2.45) is 0 Å². The lowest BCUT2D eigenvalue weighted by Crippen LogP contribution is -2.28. The molecule has 6 heteroatoms. The summed E-state index contributed by atoms with van der Waals surface area (Å²) in [4.78, 5) is 20.8. The highest BCUT2D eigenvalue weighted by molar-refractivity contribution is 5.77. The first-order valence-electron chi connectivity index (χ1n) is 4.89. The third-order valence-electron chi connectivity index (χ3n) is 2.12. The fourth-order valence-electron chi connectivity index (χ4n) is 1.27. The summed E-state index contributed by atoms with van der Waals surface area (Å²) in [6.45, 7) is 3.47. The monoisotopic (exact) mass is 236 g/mol. The molecule has 0 spiro atoms. The van der Waals surface area contributed by atoms with E-state index in [9.17, 15) is 14.9 Å². The van der Waals surface area contributed by atoms with Gasteiger partial charge in [0.05, 0.1) is 4.92 Å². The highest BCUT2D eigenvalue weighted by Crippen LogP contribution is 2.16. The molecule has 0 aromatic heterocycles. The topological polar surface area (TPSA) is 92.5 Å². The second kappa shape index (κ2) is 5.64. The average molecular weight is 236 g/mol. The molecule has 90 valence electrons. The Balaban J connectivity index is 2.76. The van der Waals surface area contributed by atoms with Crippen molar-refractivity contribution in [2.45, 2.75) is 12.5 Å². The first-order valence-corrected chi connectivity index (χ1v) is 4.89. The van der Waals surface area contributed by atoms with Gasteiger partial charge in [0.15, 0.2) is 0 Å². The molecule has 2 N–H and O–H groups in total. The molecule has 17 heavy (non-hydrogen) atoms. The number of hydrogen-bond acceptors (Lipinski definition) is 4. The zero-order chi connectivity index (χ0) is 12.8. The van der Waals surface area contributed by atoms with E-state index in [0.717, 1.165) is 0 Å². The maximum absolute atomic E-state index is 10.9. The molecule has 0 amide bonds. The number of rotatable bonds is 6. The van der Waals surface area contributed by atoms with E-state index in [4.69, 9.17) is 5.11 Å². The number of nitrogens with zero attached hydrogens (tertiary/aromatic N) is 1. The standard InChI is InChI=1S/C11H12N2O4/c1-2-3-10(11(14)15)12-8-4-6-9(7-5-8)13(16)17/h2,4-7,10,12H,1,3H2,(H,14,15). The molecule has 1 unspecified atom stereocenters. The number of hydrogen-bond donors (Lipinski definition) is 2. The Bertz CT molecular complexity index is 428. The van der Waals surface area contributed by atoms with Crippen LogP contribution in [0.4, 0.5) is 11.4 Å². The van der Waals surface area contributed by atoms with Gasteiger partial charge < -0.3 is 10.4 Å². The molecule has 0 saturated heterocycles. The maximum Gasteiger partial charge on any atom is 0.326 e. The summed E-state index contributed by atoms with van der Waals surface area (Å²) in [5.74, 6) is -0.997. The van der Waals surface area contributed by atoms with Gasteiger partial charge in [0.2, 0.25) is 0 Å². The van der Waals surface area contributed by atoms with Crippen LogP contribution in [0.2, 0.25) is 0 Å². The molecule has 0 aliphatic rings. The van der Waals surface area contributed by atoms with E-state index < -0.39 is 16.9 Å². The molecule has 0 radical (unpaired) electrons. The van der Waals surface area contributed by atoms with E-state index in [0.29, 0.717) is 5.69 Å².